The molecule has 2 aromatic carbocycles. The Morgan fingerprint density at radius 1 is 1.11 bits per heavy atom. The molecule has 6 nitrogen and oxygen atoms in total. The summed E-state index contributed by atoms with van der Waals surface area (Å²) in [5.41, 5.74) is 3.13. The van der Waals surface area contributed by atoms with E-state index in [2.05, 4.69) is 20.6 Å². The number of methoxy groups -OCH3 is 1. The molecule has 0 fully saturated rings. The molecule has 7 heteroatoms. The van der Waals surface area contributed by atoms with Crippen LogP contribution in [0.1, 0.15) is 22.8 Å². The molecule has 3 rings (SSSR count). The van der Waals surface area contributed by atoms with Gasteiger partial charge in [-0.1, -0.05) is 11.6 Å². The first-order valence-electron chi connectivity index (χ1n) is 8.28. The van der Waals surface area contributed by atoms with Crippen LogP contribution >= 0.6 is 11.6 Å². The van der Waals surface area contributed by atoms with E-state index in [0.717, 1.165) is 16.9 Å². The maximum Gasteiger partial charge on any atom is 0.229 e. The second kappa shape index (κ2) is 8.05. The van der Waals surface area contributed by atoms with E-state index in [1.165, 1.54) is 6.92 Å². The van der Waals surface area contributed by atoms with E-state index < -0.39 is 0 Å². The van der Waals surface area contributed by atoms with Crippen molar-refractivity contribution in [3.05, 3.63) is 64.8 Å². The van der Waals surface area contributed by atoms with Crippen LogP contribution in [0.2, 0.25) is 5.02 Å². The fourth-order valence-electron chi connectivity index (χ4n) is 2.47. The van der Waals surface area contributed by atoms with Gasteiger partial charge in [-0.25, -0.2) is 4.98 Å². The van der Waals surface area contributed by atoms with Crippen molar-refractivity contribution in [1.82, 2.24) is 9.97 Å². The number of aromatic nitrogens is 2. The van der Waals surface area contributed by atoms with E-state index in [-0.39, 0.29) is 5.78 Å². The van der Waals surface area contributed by atoms with Crippen LogP contribution in [-0.2, 0) is 0 Å². The number of hydrogen-bond donors (Lipinski definition) is 2. The molecule has 1 heterocycles. The Bertz CT molecular complexity index is 974. The molecule has 138 valence electrons. The average Bonchev–Trinajstić information content (AvgIpc) is 2.65. The van der Waals surface area contributed by atoms with Crippen molar-refractivity contribution < 1.29 is 9.53 Å². The highest BCUT2D eigenvalue weighted by Gasteiger charge is 2.09. The minimum absolute atomic E-state index is 0.0243. The quantitative estimate of drug-likeness (QED) is 0.575. The lowest BCUT2D eigenvalue weighted by Crippen LogP contribution is -2.02. The van der Waals surface area contributed by atoms with E-state index >= 15 is 0 Å². The molecule has 0 aliphatic heterocycles. The van der Waals surface area contributed by atoms with Gasteiger partial charge >= 0.3 is 0 Å². The largest absolute Gasteiger partial charge is 0.495 e. The Morgan fingerprint density at radius 2 is 1.85 bits per heavy atom. The summed E-state index contributed by atoms with van der Waals surface area (Å²) in [4.78, 5) is 20.0. The number of anilines is 4. The zero-order valence-corrected chi connectivity index (χ0v) is 16.0. The maximum absolute atomic E-state index is 11.4. The summed E-state index contributed by atoms with van der Waals surface area (Å²) in [6.45, 7) is 3.46. The smallest absolute Gasteiger partial charge is 0.229 e. The highest BCUT2D eigenvalue weighted by atomic mass is 35.5. The number of aryl methyl sites for hydroxylation is 1. The van der Waals surface area contributed by atoms with Crippen molar-refractivity contribution in [3.8, 4) is 5.75 Å². The Kier molecular flexibility index (Phi) is 5.57. The molecule has 0 aliphatic carbocycles. The number of halogens is 1. The number of rotatable bonds is 6. The van der Waals surface area contributed by atoms with Gasteiger partial charge in [0.05, 0.1) is 12.8 Å². The van der Waals surface area contributed by atoms with Crippen LogP contribution in [-0.4, -0.2) is 22.9 Å². The lowest BCUT2D eigenvalue weighted by Gasteiger charge is -2.13. The molecule has 0 saturated carbocycles. The van der Waals surface area contributed by atoms with Gasteiger partial charge < -0.3 is 15.4 Å². The lowest BCUT2D eigenvalue weighted by atomic mass is 10.1. The number of hydrogen-bond acceptors (Lipinski definition) is 6. The van der Waals surface area contributed by atoms with E-state index in [9.17, 15) is 4.79 Å². The lowest BCUT2D eigenvalue weighted by molar-refractivity contribution is 0.101. The van der Waals surface area contributed by atoms with Crippen LogP contribution in [0.4, 0.5) is 23.1 Å². The number of benzene rings is 2. The highest BCUT2D eigenvalue weighted by molar-refractivity contribution is 6.31. The molecular weight excluding hydrogens is 364 g/mol. The first-order valence-corrected chi connectivity index (χ1v) is 8.66. The van der Waals surface area contributed by atoms with Gasteiger partial charge in [-0.3, -0.25) is 4.79 Å². The van der Waals surface area contributed by atoms with Gasteiger partial charge in [0.1, 0.15) is 11.6 Å². The van der Waals surface area contributed by atoms with Crippen molar-refractivity contribution in [2.45, 2.75) is 13.8 Å². The Balaban J connectivity index is 1.80. The van der Waals surface area contributed by atoms with Gasteiger partial charge in [-0.2, -0.15) is 4.98 Å². The molecule has 0 spiro atoms. The molecule has 0 unspecified atom stereocenters. The number of nitrogens with zero attached hydrogens (tertiary/aromatic N) is 2. The van der Waals surface area contributed by atoms with Crippen molar-refractivity contribution in [1.29, 1.82) is 0 Å². The van der Waals surface area contributed by atoms with Crippen molar-refractivity contribution in [2.75, 3.05) is 17.7 Å². The Hall–Kier alpha value is -3.12. The predicted molar refractivity (Wildman–Crippen MR) is 108 cm³/mol. The topological polar surface area (TPSA) is 76.1 Å². The standard InChI is InChI=1S/C20H19ClN4O2/c1-12-10-17(18(27-3)11-16(12)21)24-19-8-9-22-20(25-19)23-15-6-4-14(5-7-15)13(2)26/h4-11H,1-3H3,(H2,22,23,24,25). The summed E-state index contributed by atoms with van der Waals surface area (Å²) in [6, 6.07) is 12.6. The summed E-state index contributed by atoms with van der Waals surface area (Å²) < 4.78 is 5.38. The van der Waals surface area contributed by atoms with Crippen LogP contribution in [0, 0.1) is 6.92 Å². The third kappa shape index (κ3) is 4.54. The Labute approximate surface area is 162 Å². The van der Waals surface area contributed by atoms with E-state index in [4.69, 9.17) is 16.3 Å². The van der Waals surface area contributed by atoms with Gasteiger partial charge in [0.25, 0.3) is 0 Å². The number of Topliss-reactive ketones (excluding diaryl/α,β-unsaturated/α-hetero) is 1. The number of carbonyl (C=O) groups is 1. The molecule has 3 aromatic rings. The first kappa shape index (κ1) is 18.7. The Morgan fingerprint density at radius 3 is 2.52 bits per heavy atom. The molecule has 0 aliphatic rings. The summed E-state index contributed by atoms with van der Waals surface area (Å²) >= 11 is 6.15. The van der Waals surface area contributed by atoms with Crippen LogP contribution in [0.5, 0.6) is 5.75 Å². The van der Waals surface area contributed by atoms with E-state index in [1.54, 1.807) is 37.6 Å². The molecule has 0 atom stereocenters. The minimum atomic E-state index is 0.0243. The molecule has 2 N–H and O–H groups in total. The molecular formula is C20H19ClN4O2. The molecule has 0 radical (unpaired) electrons. The average molecular weight is 383 g/mol. The van der Waals surface area contributed by atoms with Gasteiger partial charge in [0.2, 0.25) is 5.95 Å². The number of carbonyl (C=O) groups excluding carboxylic acids is 1. The van der Waals surface area contributed by atoms with Gasteiger partial charge in [0, 0.05) is 28.5 Å². The zero-order chi connectivity index (χ0) is 19.4. The van der Waals surface area contributed by atoms with Crippen LogP contribution < -0.4 is 15.4 Å². The maximum atomic E-state index is 11.4. The summed E-state index contributed by atoms with van der Waals surface area (Å²) in [7, 11) is 1.59. The number of ether oxygens (including phenoxy) is 1. The second-order valence-corrected chi connectivity index (χ2v) is 6.36. The normalized spacial score (nSPS) is 10.4. The van der Waals surface area contributed by atoms with Crippen LogP contribution in [0.15, 0.2) is 48.7 Å². The summed E-state index contributed by atoms with van der Waals surface area (Å²) in [6.07, 6.45) is 1.65. The summed E-state index contributed by atoms with van der Waals surface area (Å²) in [5.74, 6) is 1.68. The van der Waals surface area contributed by atoms with Crippen LogP contribution in [0.25, 0.3) is 0 Å². The minimum Gasteiger partial charge on any atom is -0.495 e. The fourth-order valence-corrected chi connectivity index (χ4v) is 2.63. The summed E-state index contributed by atoms with van der Waals surface area (Å²) in [5, 5.41) is 6.98. The highest BCUT2D eigenvalue weighted by Crippen LogP contribution is 2.32. The molecule has 0 amide bonds. The first-order chi connectivity index (χ1) is 13.0. The van der Waals surface area contributed by atoms with Crippen LogP contribution in [0.3, 0.4) is 0 Å². The number of ketones is 1. The monoisotopic (exact) mass is 382 g/mol. The fraction of sp³-hybridized carbons (Fsp3) is 0.150. The molecule has 0 bridgehead atoms. The SMILES string of the molecule is COc1cc(Cl)c(C)cc1Nc1ccnc(Nc2ccc(C(C)=O)cc2)n1. The third-order valence-corrected chi connectivity index (χ3v) is 4.35. The van der Waals surface area contributed by atoms with Crippen molar-refractivity contribution >= 4 is 40.5 Å². The van der Waals surface area contributed by atoms with Crippen molar-refractivity contribution in [3.63, 3.8) is 0 Å². The predicted octanol–water partition coefficient (Wildman–Crippen LogP) is 5.14. The van der Waals surface area contributed by atoms with Gasteiger partial charge in [0.15, 0.2) is 5.78 Å². The van der Waals surface area contributed by atoms with E-state index in [0.29, 0.717) is 28.1 Å². The van der Waals surface area contributed by atoms with Gasteiger partial charge in [-0.15, -0.1) is 0 Å². The van der Waals surface area contributed by atoms with E-state index in [1.807, 2.05) is 25.1 Å². The van der Waals surface area contributed by atoms with Crippen molar-refractivity contribution in [2.24, 2.45) is 0 Å². The molecule has 0 saturated heterocycles. The van der Waals surface area contributed by atoms with Gasteiger partial charge in [-0.05, 0) is 55.8 Å². The number of nitrogens with one attached hydrogen (secondary N) is 2. The zero-order valence-electron chi connectivity index (χ0n) is 15.2. The third-order valence-electron chi connectivity index (χ3n) is 3.95. The second-order valence-electron chi connectivity index (χ2n) is 5.95. The molecule has 27 heavy (non-hydrogen) atoms. The molecule has 1 aromatic heterocycles.